The summed E-state index contributed by atoms with van der Waals surface area (Å²) in [6.45, 7) is 3.54. The smallest absolute Gasteiger partial charge is 0.353 e. The van der Waals surface area contributed by atoms with Crippen molar-refractivity contribution in [2.45, 2.75) is 26.0 Å². The van der Waals surface area contributed by atoms with Gasteiger partial charge >= 0.3 is 6.03 Å². The Labute approximate surface area is 172 Å². The molecule has 0 spiro atoms. The number of carbonyl (C=O) groups excluding carboxylic acids is 1. The molecule has 0 aliphatic carbocycles. The van der Waals surface area contributed by atoms with E-state index in [9.17, 15) is 14.1 Å². The van der Waals surface area contributed by atoms with Gasteiger partial charge in [-0.25, -0.2) is 14.0 Å². The number of aliphatic hydroxyl groups excluding tert-OH is 1. The average molecular weight is 471 g/mol. The normalized spacial score (nSPS) is 13.4. The number of hydrogen-bond acceptors (Lipinski definition) is 7. The van der Waals surface area contributed by atoms with Gasteiger partial charge < -0.3 is 21.1 Å². The van der Waals surface area contributed by atoms with Gasteiger partial charge in [-0.1, -0.05) is 0 Å². The quantitative estimate of drug-likeness (QED) is 0.508. The van der Waals surface area contributed by atoms with E-state index in [1.165, 1.54) is 12.5 Å². The number of nitrogens with one attached hydrogen (secondary N) is 3. The van der Waals surface area contributed by atoms with E-state index in [4.69, 9.17) is 0 Å². The first-order valence-corrected chi connectivity index (χ1v) is 11.5. The highest BCUT2D eigenvalue weighted by Gasteiger charge is 2.12. The first-order chi connectivity index (χ1) is 13.0. The lowest BCUT2D eigenvalue weighted by Crippen LogP contribution is -2.28. The number of nitrogens with zero attached hydrogens (tertiary/aromatic N) is 3. The maximum Gasteiger partial charge on any atom is 0.353 e. The Kier molecular flexibility index (Phi) is 7.33. The molecule has 0 saturated heterocycles. The highest BCUT2D eigenvalue weighted by atomic mass is 79.9. The Hall–Kier alpha value is -2.24. The van der Waals surface area contributed by atoms with Crippen molar-refractivity contribution in [2.24, 2.45) is 4.36 Å². The zero-order chi connectivity index (χ0) is 20.9. The van der Waals surface area contributed by atoms with Crippen LogP contribution in [0.3, 0.4) is 0 Å². The van der Waals surface area contributed by atoms with Crippen LogP contribution in [0.15, 0.2) is 39.3 Å². The molecule has 2 amide bonds. The maximum absolute atomic E-state index is 11.7. The van der Waals surface area contributed by atoms with Crippen molar-refractivity contribution in [3.8, 4) is 0 Å². The summed E-state index contributed by atoms with van der Waals surface area (Å²) in [5.41, 5.74) is 1.23. The second kappa shape index (κ2) is 9.30. The molecule has 0 fully saturated rings. The minimum Gasteiger partial charge on any atom is -0.391 e. The van der Waals surface area contributed by atoms with Gasteiger partial charge in [0.1, 0.15) is 5.82 Å². The number of rotatable bonds is 6. The van der Waals surface area contributed by atoms with Crippen LogP contribution in [-0.2, 0) is 9.73 Å². The standard InChI is InChI=1S/C17H23BrN6O3S/c1-10(11(2)25)20-15-14(18)9-19-16(23-15)21-12-5-7-13(8-6-12)22-17(26)24-28(3,4)27/h5-11,25H,1-4H3,(H,22,26)(H2,19,20,21,23)/t10-,11-/m1/s1. The second-order valence-corrected chi connectivity index (χ2v) is 9.87. The van der Waals surface area contributed by atoms with E-state index in [0.29, 0.717) is 27.6 Å². The molecule has 1 aromatic carbocycles. The van der Waals surface area contributed by atoms with Crippen LogP contribution in [0.2, 0.25) is 0 Å². The van der Waals surface area contributed by atoms with Crippen LogP contribution >= 0.6 is 15.9 Å². The van der Waals surface area contributed by atoms with Crippen LogP contribution in [-0.4, -0.2) is 50.0 Å². The molecule has 4 N–H and O–H groups in total. The molecule has 28 heavy (non-hydrogen) atoms. The number of halogens is 1. The van der Waals surface area contributed by atoms with E-state index < -0.39 is 21.9 Å². The largest absolute Gasteiger partial charge is 0.391 e. The molecular formula is C17H23BrN6O3S. The molecule has 2 rings (SSSR count). The first-order valence-electron chi connectivity index (χ1n) is 8.36. The molecule has 0 unspecified atom stereocenters. The van der Waals surface area contributed by atoms with E-state index in [1.54, 1.807) is 37.4 Å². The van der Waals surface area contributed by atoms with Gasteiger partial charge in [0.25, 0.3) is 0 Å². The van der Waals surface area contributed by atoms with E-state index in [-0.39, 0.29) is 6.04 Å². The fraction of sp³-hybridized carbons (Fsp3) is 0.353. The Balaban J connectivity index is 2.08. The fourth-order valence-corrected chi connectivity index (χ4v) is 2.73. The Morgan fingerprint density at radius 2 is 1.82 bits per heavy atom. The number of hydrogen-bond donors (Lipinski definition) is 4. The lowest BCUT2D eigenvalue weighted by atomic mass is 10.2. The molecular weight excluding hydrogens is 448 g/mol. The predicted molar refractivity (Wildman–Crippen MR) is 116 cm³/mol. The molecule has 11 heteroatoms. The van der Waals surface area contributed by atoms with Crippen LogP contribution in [0.5, 0.6) is 0 Å². The summed E-state index contributed by atoms with van der Waals surface area (Å²) < 4.78 is 15.8. The van der Waals surface area contributed by atoms with Crippen LogP contribution in [0.1, 0.15) is 13.8 Å². The van der Waals surface area contributed by atoms with Crippen molar-refractivity contribution in [2.75, 3.05) is 28.5 Å². The fourth-order valence-electron chi connectivity index (χ4n) is 1.98. The summed E-state index contributed by atoms with van der Waals surface area (Å²) in [6, 6.07) is 5.99. The average Bonchev–Trinajstić information content (AvgIpc) is 2.57. The molecule has 0 saturated carbocycles. The number of amides is 2. The van der Waals surface area contributed by atoms with Crippen molar-refractivity contribution < 1.29 is 14.1 Å². The maximum atomic E-state index is 11.7. The minimum atomic E-state index is -2.51. The zero-order valence-electron chi connectivity index (χ0n) is 15.9. The van der Waals surface area contributed by atoms with Crippen molar-refractivity contribution >= 4 is 54.8 Å². The molecule has 1 heterocycles. The summed E-state index contributed by atoms with van der Waals surface area (Å²) in [5, 5.41) is 18.4. The molecule has 152 valence electrons. The molecule has 0 aliphatic heterocycles. The van der Waals surface area contributed by atoms with E-state index in [1.807, 2.05) is 6.92 Å². The van der Waals surface area contributed by atoms with E-state index >= 15 is 0 Å². The predicted octanol–water partition coefficient (Wildman–Crippen LogP) is 3.42. The van der Waals surface area contributed by atoms with Gasteiger partial charge in [0.15, 0.2) is 0 Å². The van der Waals surface area contributed by atoms with E-state index in [2.05, 4.69) is 46.2 Å². The molecule has 1 aromatic heterocycles. The van der Waals surface area contributed by atoms with Gasteiger partial charge in [0.05, 0.1) is 26.3 Å². The summed E-state index contributed by atoms with van der Waals surface area (Å²) in [4.78, 5) is 20.3. The summed E-state index contributed by atoms with van der Waals surface area (Å²) >= 11 is 3.38. The summed E-state index contributed by atoms with van der Waals surface area (Å²) in [5.74, 6) is 0.922. The second-order valence-electron chi connectivity index (χ2n) is 6.47. The number of benzene rings is 1. The SMILES string of the molecule is C[C@@H](O)[C@@H](C)Nc1nc(Nc2ccc(NC(=O)N=S(C)(C)=O)cc2)ncc1Br. The van der Waals surface area contributed by atoms with Gasteiger partial charge in [-0.15, -0.1) is 4.36 Å². The number of anilines is 4. The third-order valence-electron chi connectivity index (χ3n) is 3.53. The van der Waals surface area contributed by atoms with Crippen LogP contribution in [0, 0.1) is 0 Å². The Bertz CT molecular complexity index is 950. The van der Waals surface area contributed by atoms with Gasteiger partial charge in [-0.05, 0) is 54.0 Å². The third kappa shape index (κ3) is 7.06. The molecule has 2 atom stereocenters. The highest BCUT2D eigenvalue weighted by Crippen LogP contribution is 2.23. The van der Waals surface area contributed by atoms with Gasteiger partial charge in [0.2, 0.25) is 5.95 Å². The van der Waals surface area contributed by atoms with Crippen molar-refractivity contribution in [3.63, 3.8) is 0 Å². The lowest BCUT2D eigenvalue weighted by molar-refractivity contribution is 0.177. The van der Waals surface area contributed by atoms with Crippen LogP contribution in [0.25, 0.3) is 0 Å². The minimum absolute atomic E-state index is 0.187. The monoisotopic (exact) mass is 470 g/mol. The van der Waals surface area contributed by atoms with Crippen LogP contribution < -0.4 is 16.0 Å². The Morgan fingerprint density at radius 1 is 1.21 bits per heavy atom. The van der Waals surface area contributed by atoms with Gasteiger partial charge in [-0.3, -0.25) is 0 Å². The van der Waals surface area contributed by atoms with Crippen molar-refractivity contribution in [3.05, 3.63) is 34.9 Å². The van der Waals surface area contributed by atoms with Crippen molar-refractivity contribution in [1.29, 1.82) is 0 Å². The number of carbonyl (C=O) groups is 1. The zero-order valence-corrected chi connectivity index (χ0v) is 18.3. The molecule has 0 bridgehead atoms. The molecule has 9 nitrogen and oxygen atoms in total. The van der Waals surface area contributed by atoms with Gasteiger partial charge in [0, 0.05) is 30.1 Å². The third-order valence-corrected chi connectivity index (χ3v) is 4.71. The number of aliphatic hydroxyl groups is 1. The lowest BCUT2D eigenvalue weighted by Gasteiger charge is -2.18. The molecule has 0 radical (unpaired) electrons. The van der Waals surface area contributed by atoms with Crippen LogP contribution in [0.4, 0.5) is 27.9 Å². The summed E-state index contributed by atoms with van der Waals surface area (Å²) in [6.07, 6.45) is 3.85. The Morgan fingerprint density at radius 3 is 2.39 bits per heavy atom. The van der Waals surface area contributed by atoms with Crippen molar-refractivity contribution in [1.82, 2.24) is 9.97 Å². The molecule has 2 aromatic rings. The number of aromatic nitrogens is 2. The first kappa shape index (κ1) is 22.1. The molecule has 0 aliphatic rings. The van der Waals surface area contributed by atoms with Gasteiger partial charge in [-0.2, -0.15) is 4.98 Å². The number of urea groups is 1. The topological polar surface area (TPSA) is 129 Å². The van der Waals surface area contributed by atoms with E-state index in [0.717, 1.165) is 0 Å². The highest BCUT2D eigenvalue weighted by molar-refractivity contribution is 9.10. The summed E-state index contributed by atoms with van der Waals surface area (Å²) in [7, 11) is -2.51.